The number of carbonyl (C=O) groups is 1. The van der Waals surface area contributed by atoms with Crippen LogP contribution in [0.15, 0.2) is 16.8 Å². The molecule has 4 heteroatoms. The number of aliphatic hydroxyl groups excluding tert-OH is 1. The zero-order chi connectivity index (χ0) is 9.68. The molecular formula is C9H13NO2S. The highest BCUT2D eigenvalue weighted by Crippen LogP contribution is 2.06. The fourth-order valence-corrected chi connectivity index (χ4v) is 1.62. The van der Waals surface area contributed by atoms with E-state index in [0.29, 0.717) is 6.42 Å². The van der Waals surface area contributed by atoms with Crippen LogP contribution in [0.3, 0.4) is 0 Å². The molecule has 13 heavy (non-hydrogen) atoms. The van der Waals surface area contributed by atoms with Crippen molar-refractivity contribution in [2.24, 2.45) is 0 Å². The summed E-state index contributed by atoms with van der Waals surface area (Å²) >= 11 is 1.58. The minimum Gasteiger partial charge on any atom is -0.394 e. The van der Waals surface area contributed by atoms with Crippen molar-refractivity contribution in [3.63, 3.8) is 0 Å². The van der Waals surface area contributed by atoms with Crippen LogP contribution in [0, 0.1) is 0 Å². The van der Waals surface area contributed by atoms with Gasteiger partial charge in [-0.25, -0.2) is 0 Å². The lowest BCUT2D eigenvalue weighted by atomic mass is 10.2. The number of hydrogen-bond acceptors (Lipinski definition) is 3. The van der Waals surface area contributed by atoms with Gasteiger partial charge in [-0.05, 0) is 29.3 Å². The van der Waals surface area contributed by atoms with E-state index in [-0.39, 0.29) is 18.6 Å². The molecule has 1 aromatic rings. The fraction of sp³-hybridized carbons (Fsp3) is 0.444. The van der Waals surface area contributed by atoms with E-state index in [4.69, 9.17) is 5.11 Å². The van der Waals surface area contributed by atoms with Gasteiger partial charge in [0.05, 0.1) is 13.0 Å². The van der Waals surface area contributed by atoms with E-state index in [9.17, 15) is 4.79 Å². The zero-order valence-corrected chi connectivity index (χ0v) is 8.30. The van der Waals surface area contributed by atoms with Crippen LogP contribution in [-0.4, -0.2) is 23.7 Å². The van der Waals surface area contributed by atoms with Gasteiger partial charge in [0.15, 0.2) is 0 Å². The molecule has 0 radical (unpaired) electrons. The molecule has 0 aliphatic heterocycles. The SMILES string of the molecule is C[C@@H](CO)NC(=O)Cc1ccsc1. The Labute approximate surface area is 81.4 Å². The van der Waals surface area contributed by atoms with Crippen LogP contribution in [0.4, 0.5) is 0 Å². The highest BCUT2D eigenvalue weighted by Gasteiger charge is 2.06. The molecule has 0 saturated heterocycles. The minimum absolute atomic E-state index is 0.0185. The van der Waals surface area contributed by atoms with Gasteiger partial charge in [0.1, 0.15) is 0 Å². The van der Waals surface area contributed by atoms with Gasteiger partial charge < -0.3 is 10.4 Å². The molecule has 1 atom stereocenters. The Kier molecular flexibility index (Phi) is 3.92. The lowest BCUT2D eigenvalue weighted by Crippen LogP contribution is -2.35. The van der Waals surface area contributed by atoms with Gasteiger partial charge in [0.25, 0.3) is 0 Å². The average Bonchev–Trinajstić information content (AvgIpc) is 2.56. The molecule has 0 bridgehead atoms. The summed E-state index contributed by atoms with van der Waals surface area (Å²) in [4.78, 5) is 11.3. The summed E-state index contributed by atoms with van der Waals surface area (Å²) in [6.07, 6.45) is 0.397. The molecule has 0 saturated carbocycles. The molecule has 3 nitrogen and oxygen atoms in total. The molecule has 0 aliphatic rings. The third kappa shape index (κ3) is 3.57. The third-order valence-electron chi connectivity index (χ3n) is 1.63. The zero-order valence-electron chi connectivity index (χ0n) is 7.49. The first-order valence-electron chi connectivity index (χ1n) is 4.13. The summed E-state index contributed by atoms with van der Waals surface area (Å²) in [6.45, 7) is 1.75. The molecule has 1 rings (SSSR count). The Morgan fingerprint density at radius 3 is 3.08 bits per heavy atom. The topological polar surface area (TPSA) is 49.3 Å². The van der Waals surface area contributed by atoms with Crippen molar-refractivity contribution in [3.8, 4) is 0 Å². The third-order valence-corrected chi connectivity index (χ3v) is 2.36. The van der Waals surface area contributed by atoms with Crippen LogP contribution >= 0.6 is 11.3 Å². The van der Waals surface area contributed by atoms with Gasteiger partial charge in [-0.2, -0.15) is 11.3 Å². The number of carbonyl (C=O) groups excluding carboxylic acids is 1. The molecule has 1 aromatic heterocycles. The maximum absolute atomic E-state index is 11.3. The van der Waals surface area contributed by atoms with E-state index in [1.165, 1.54) is 0 Å². The molecule has 72 valence electrons. The van der Waals surface area contributed by atoms with Crippen molar-refractivity contribution in [1.82, 2.24) is 5.32 Å². The van der Waals surface area contributed by atoms with E-state index in [2.05, 4.69) is 5.32 Å². The van der Waals surface area contributed by atoms with Gasteiger partial charge in [-0.3, -0.25) is 4.79 Å². The summed E-state index contributed by atoms with van der Waals surface area (Å²) in [5.41, 5.74) is 1.02. The first-order chi connectivity index (χ1) is 6.22. The molecule has 0 unspecified atom stereocenters. The Hall–Kier alpha value is -0.870. The van der Waals surface area contributed by atoms with Gasteiger partial charge in [-0.15, -0.1) is 0 Å². The number of amides is 1. The predicted molar refractivity (Wildman–Crippen MR) is 52.7 cm³/mol. The lowest BCUT2D eigenvalue weighted by molar-refractivity contribution is -0.121. The quantitative estimate of drug-likeness (QED) is 0.753. The number of thiophene rings is 1. The van der Waals surface area contributed by atoms with E-state index in [0.717, 1.165) is 5.56 Å². The van der Waals surface area contributed by atoms with E-state index >= 15 is 0 Å². The molecule has 0 spiro atoms. The molecular weight excluding hydrogens is 186 g/mol. The smallest absolute Gasteiger partial charge is 0.224 e. The Bertz CT molecular complexity index is 259. The first-order valence-corrected chi connectivity index (χ1v) is 5.08. The number of nitrogens with one attached hydrogen (secondary N) is 1. The van der Waals surface area contributed by atoms with Crippen molar-refractivity contribution >= 4 is 17.2 Å². The van der Waals surface area contributed by atoms with Crippen LogP contribution in [0.5, 0.6) is 0 Å². The monoisotopic (exact) mass is 199 g/mol. The number of rotatable bonds is 4. The molecule has 1 heterocycles. The summed E-state index contributed by atoms with van der Waals surface area (Å²) in [7, 11) is 0. The Balaban J connectivity index is 2.34. The fourth-order valence-electron chi connectivity index (χ4n) is 0.950. The maximum atomic E-state index is 11.3. The molecule has 1 amide bonds. The first kappa shape index (κ1) is 10.2. The maximum Gasteiger partial charge on any atom is 0.224 e. The Morgan fingerprint density at radius 1 is 1.77 bits per heavy atom. The minimum atomic E-state index is -0.161. The van der Waals surface area contributed by atoms with E-state index in [1.807, 2.05) is 16.8 Å². The number of aliphatic hydroxyl groups is 1. The molecule has 2 N–H and O–H groups in total. The van der Waals surface area contributed by atoms with Crippen molar-refractivity contribution in [1.29, 1.82) is 0 Å². The largest absolute Gasteiger partial charge is 0.394 e. The van der Waals surface area contributed by atoms with Crippen molar-refractivity contribution in [2.45, 2.75) is 19.4 Å². The second kappa shape index (κ2) is 4.99. The molecule has 0 aromatic carbocycles. The van der Waals surface area contributed by atoms with Gasteiger partial charge in [-0.1, -0.05) is 0 Å². The van der Waals surface area contributed by atoms with Crippen LogP contribution in [0.25, 0.3) is 0 Å². The van der Waals surface area contributed by atoms with Crippen molar-refractivity contribution in [3.05, 3.63) is 22.4 Å². The second-order valence-corrected chi connectivity index (χ2v) is 3.74. The lowest BCUT2D eigenvalue weighted by Gasteiger charge is -2.09. The predicted octanol–water partition coefficient (Wildman–Crippen LogP) is 0.788. The average molecular weight is 199 g/mol. The molecule has 0 fully saturated rings. The van der Waals surface area contributed by atoms with Crippen LogP contribution in [0.1, 0.15) is 12.5 Å². The van der Waals surface area contributed by atoms with Crippen LogP contribution in [0.2, 0.25) is 0 Å². The van der Waals surface area contributed by atoms with E-state index < -0.39 is 0 Å². The summed E-state index contributed by atoms with van der Waals surface area (Å²) in [5.74, 6) is -0.0417. The van der Waals surface area contributed by atoms with Crippen molar-refractivity contribution < 1.29 is 9.90 Å². The van der Waals surface area contributed by atoms with E-state index in [1.54, 1.807) is 18.3 Å². The highest BCUT2D eigenvalue weighted by atomic mass is 32.1. The summed E-state index contributed by atoms with van der Waals surface area (Å²) in [5, 5.41) is 15.3. The molecule has 0 aliphatic carbocycles. The van der Waals surface area contributed by atoms with Gasteiger partial charge in [0, 0.05) is 6.04 Å². The summed E-state index contributed by atoms with van der Waals surface area (Å²) in [6, 6.07) is 1.76. The van der Waals surface area contributed by atoms with Gasteiger partial charge in [0.2, 0.25) is 5.91 Å². The van der Waals surface area contributed by atoms with Crippen molar-refractivity contribution in [2.75, 3.05) is 6.61 Å². The normalized spacial score (nSPS) is 12.5. The van der Waals surface area contributed by atoms with Crippen LogP contribution < -0.4 is 5.32 Å². The highest BCUT2D eigenvalue weighted by molar-refractivity contribution is 7.07. The Morgan fingerprint density at radius 2 is 2.54 bits per heavy atom. The second-order valence-electron chi connectivity index (χ2n) is 2.96. The van der Waals surface area contributed by atoms with Crippen LogP contribution in [-0.2, 0) is 11.2 Å². The van der Waals surface area contributed by atoms with Gasteiger partial charge >= 0.3 is 0 Å². The summed E-state index contributed by atoms with van der Waals surface area (Å²) < 4.78 is 0. The number of hydrogen-bond donors (Lipinski definition) is 2. The standard InChI is InChI=1S/C9H13NO2S/c1-7(5-11)10-9(12)4-8-2-3-13-6-8/h2-3,6-7,11H,4-5H2,1H3,(H,10,12)/t7-/m0/s1.